The van der Waals surface area contributed by atoms with E-state index in [1.54, 1.807) is 6.33 Å². The van der Waals surface area contributed by atoms with Gasteiger partial charge in [-0.05, 0) is 6.92 Å². The lowest BCUT2D eigenvalue weighted by molar-refractivity contribution is -0.00179. The van der Waals surface area contributed by atoms with Gasteiger partial charge in [-0.15, -0.1) is 10.2 Å². The standard InChI is InChI=1S/C12H19N5O2/c1-2-17-9-14-15-10(17)7-16-5-3-12(4-6-16)8-13-11(18)19-12/h9H,2-8H2,1H3,(H,13,18). The summed E-state index contributed by atoms with van der Waals surface area (Å²) in [6, 6.07) is 0. The molecule has 19 heavy (non-hydrogen) atoms. The lowest BCUT2D eigenvalue weighted by Crippen LogP contribution is -2.46. The van der Waals surface area contributed by atoms with Crippen molar-refractivity contribution in [2.24, 2.45) is 0 Å². The van der Waals surface area contributed by atoms with Crippen LogP contribution in [0.1, 0.15) is 25.6 Å². The van der Waals surface area contributed by atoms with Crippen molar-refractivity contribution >= 4 is 6.09 Å². The second-order valence-electron chi connectivity index (χ2n) is 5.24. The summed E-state index contributed by atoms with van der Waals surface area (Å²) in [6.07, 6.45) is 3.25. The number of carbonyl (C=O) groups is 1. The molecule has 0 atom stereocenters. The van der Waals surface area contributed by atoms with Crippen LogP contribution in [0.3, 0.4) is 0 Å². The third kappa shape index (κ3) is 2.42. The highest BCUT2D eigenvalue weighted by molar-refractivity contribution is 5.70. The average Bonchev–Trinajstić information content (AvgIpc) is 3.00. The van der Waals surface area contributed by atoms with E-state index in [0.717, 1.165) is 44.8 Å². The molecule has 0 radical (unpaired) electrons. The van der Waals surface area contributed by atoms with Crippen LogP contribution in [0, 0.1) is 0 Å². The molecule has 1 spiro atoms. The van der Waals surface area contributed by atoms with Crippen molar-refractivity contribution in [3.05, 3.63) is 12.2 Å². The Morgan fingerprint density at radius 2 is 2.26 bits per heavy atom. The van der Waals surface area contributed by atoms with Crippen molar-refractivity contribution in [1.29, 1.82) is 0 Å². The van der Waals surface area contributed by atoms with Gasteiger partial charge in [0, 0.05) is 32.5 Å². The quantitative estimate of drug-likeness (QED) is 0.855. The van der Waals surface area contributed by atoms with Crippen molar-refractivity contribution < 1.29 is 9.53 Å². The number of aromatic nitrogens is 3. The number of piperidine rings is 1. The molecule has 0 aliphatic carbocycles. The van der Waals surface area contributed by atoms with Gasteiger partial charge >= 0.3 is 6.09 Å². The third-order valence-corrected chi connectivity index (χ3v) is 4.03. The molecule has 1 N–H and O–H groups in total. The first-order chi connectivity index (χ1) is 9.21. The number of aryl methyl sites for hydroxylation is 1. The van der Waals surface area contributed by atoms with Gasteiger partial charge in [-0.25, -0.2) is 4.79 Å². The number of rotatable bonds is 3. The number of ether oxygens (including phenoxy) is 1. The van der Waals surface area contributed by atoms with E-state index < -0.39 is 0 Å². The lowest BCUT2D eigenvalue weighted by atomic mass is 9.92. The van der Waals surface area contributed by atoms with Gasteiger partial charge in [-0.2, -0.15) is 0 Å². The second kappa shape index (κ2) is 4.80. The van der Waals surface area contributed by atoms with Gasteiger partial charge in [0.2, 0.25) is 0 Å². The highest BCUT2D eigenvalue weighted by Gasteiger charge is 2.42. The Kier molecular flexibility index (Phi) is 3.14. The Morgan fingerprint density at radius 1 is 1.47 bits per heavy atom. The fourth-order valence-corrected chi connectivity index (χ4v) is 2.77. The van der Waals surface area contributed by atoms with Crippen LogP contribution in [0.25, 0.3) is 0 Å². The minimum Gasteiger partial charge on any atom is -0.441 e. The number of nitrogens with one attached hydrogen (secondary N) is 1. The fraction of sp³-hybridized carbons (Fsp3) is 0.750. The van der Waals surface area contributed by atoms with Gasteiger partial charge in [0.1, 0.15) is 17.8 Å². The van der Waals surface area contributed by atoms with Gasteiger partial charge in [0.05, 0.1) is 13.1 Å². The Labute approximate surface area is 111 Å². The molecule has 3 heterocycles. The van der Waals surface area contributed by atoms with Crippen LogP contribution in [0.5, 0.6) is 0 Å². The summed E-state index contributed by atoms with van der Waals surface area (Å²) in [7, 11) is 0. The molecular formula is C12H19N5O2. The number of hydrogen-bond donors (Lipinski definition) is 1. The normalized spacial score (nSPS) is 22.5. The zero-order valence-electron chi connectivity index (χ0n) is 11.1. The van der Waals surface area contributed by atoms with Crippen LogP contribution < -0.4 is 5.32 Å². The Hall–Kier alpha value is -1.63. The van der Waals surface area contributed by atoms with Crippen LogP contribution in [0.15, 0.2) is 6.33 Å². The average molecular weight is 265 g/mol. The van der Waals surface area contributed by atoms with Crippen LogP contribution in [0.4, 0.5) is 4.79 Å². The zero-order valence-corrected chi connectivity index (χ0v) is 11.1. The Balaban J connectivity index is 1.57. The number of nitrogens with zero attached hydrogens (tertiary/aromatic N) is 4. The van der Waals surface area contributed by atoms with Crippen molar-refractivity contribution in [1.82, 2.24) is 25.0 Å². The predicted molar refractivity (Wildman–Crippen MR) is 67.4 cm³/mol. The van der Waals surface area contributed by atoms with Crippen LogP contribution in [0.2, 0.25) is 0 Å². The molecular weight excluding hydrogens is 246 g/mol. The number of alkyl carbamates (subject to hydrolysis) is 1. The van der Waals surface area contributed by atoms with E-state index in [4.69, 9.17) is 4.74 Å². The molecule has 7 heteroatoms. The first kappa shape index (κ1) is 12.4. The summed E-state index contributed by atoms with van der Waals surface area (Å²) in [6.45, 7) is 6.27. The van der Waals surface area contributed by atoms with E-state index in [9.17, 15) is 4.79 Å². The molecule has 0 saturated carbocycles. The van der Waals surface area contributed by atoms with Gasteiger partial charge < -0.3 is 14.6 Å². The van der Waals surface area contributed by atoms with Gasteiger partial charge in [0.15, 0.2) is 0 Å². The summed E-state index contributed by atoms with van der Waals surface area (Å²) >= 11 is 0. The molecule has 1 aromatic heterocycles. The molecule has 0 aromatic carbocycles. The second-order valence-corrected chi connectivity index (χ2v) is 5.24. The highest BCUT2D eigenvalue weighted by atomic mass is 16.6. The summed E-state index contributed by atoms with van der Waals surface area (Å²) < 4.78 is 7.47. The van der Waals surface area contributed by atoms with E-state index >= 15 is 0 Å². The topological polar surface area (TPSA) is 72.3 Å². The first-order valence-corrected chi connectivity index (χ1v) is 6.77. The van der Waals surface area contributed by atoms with Crippen molar-refractivity contribution in [2.75, 3.05) is 19.6 Å². The lowest BCUT2D eigenvalue weighted by Gasteiger charge is -2.36. The van der Waals surface area contributed by atoms with Crippen molar-refractivity contribution in [2.45, 2.75) is 38.5 Å². The van der Waals surface area contributed by atoms with Gasteiger partial charge in [0.25, 0.3) is 0 Å². The molecule has 2 saturated heterocycles. The smallest absolute Gasteiger partial charge is 0.407 e. The summed E-state index contributed by atoms with van der Waals surface area (Å²) in [5, 5.41) is 10.9. The Morgan fingerprint density at radius 3 is 2.89 bits per heavy atom. The fourth-order valence-electron chi connectivity index (χ4n) is 2.77. The Bertz CT molecular complexity index is 464. The minimum atomic E-state index is -0.279. The maximum atomic E-state index is 11.2. The largest absolute Gasteiger partial charge is 0.441 e. The molecule has 1 aromatic rings. The van der Waals surface area contributed by atoms with E-state index in [0.29, 0.717) is 6.54 Å². The number of carbonyl (C=O) groups excluding carboxylic acids is 1. The molecule has 1 amide bonds. The van der Waals surface area contributed by atoms with E-state index in [-0.39, 0.29) is 11.7 Å². The summed E-state index contributed by atoms with van der Waals surface area (Å²) in [4.78, 5) is 13.5. The van der Waals surface area contributed by atoms with E-state index in [1.807, 2.05) is 0 Å². The number of hydrogen-bond acceptors (Lipinski definition) is 5. The van der Waals surface area contributed by atoms with Crippen LogP contribution >= 0.6 is 0 Å². The molecule has 104 valence electrons. The molecule has 2 aliphatic heterocycles. The molecule has 7 nitrogen and oxygen atoms in total. The minimum absolute atomic E-state index is 0.272. The zero-order chi connectivity index (χ0) is 13.3. The highest BCUT2D eigenvalue weighted by Crippen LogP contribution is 2.29. The number of likely N-dealkylation sites (tertiary alicyclic amines) is 1. The summed E-state index contributed by atoms with van der Waals surface area (Å²) in [5.74, 6) is 1.000. The SMILES string of the molecule is CCn1cnnc1CN1CCC2(CC1)CNC(=O)O2. The maximum absolute atomic E-state index is 11.2. The van der Waals surface area contributed by atoms with Crippen molar-refractivity contribution in [3.63, 3.8) is 0 Å². The van der Waals surface area contributed by atoms with E-state index in [2.05, 4.69) is 31.9 Å². The maximum Gasteiger partial charge on any atom is 0.407 e. The van der Waals surface area contributed by atoms with Crippen molar-refractivity contribution in [3.8, 4) is 0 Å². The van der Waals surface area contributed by atoms with E-state index in [1.165, 1.54) is 0 Å². The van der Waals surface area contributed by atoms with Crippen LogP contribution in [-0.2, 0) is 17.8 Å². The van der Waals surface area contributed by atoms with Gasteiger partial charge in [-0.3, -0.25) is 4.90 Å². The predicted octanol–water partition coefficient (Wildman–Crippen LogP) is 0.372. The van der Waals surface area contributed by atoms with Crippen LogP contribution in [-0.4, -0.2) is 51.0 Å². The summed E-state index contributed by atoms with van der Waals surface area (Å²) in [5.41, 5.74) is -0.272. The molecule has 3 rings (SSSR count). The molecule has 0 unspecified atom stereocenters. The molecule has 0 bridgehead atoms. The monoisotopic (exact) mass is 265 g/mol. The molecule has 2 aliphatic rings. The molecule has 2 fully saturated rings. The van der Waals surface area contributed by atoms with Gasteiger partial charge in [-0.1, -0.05) is 0 Å². The number of amides is 1. The third-order valence-electron chi connectivity index (χ3n) is 4.03. The first-order valence-electron chi connectivity index (χ1n) is 6.77.